The summed E-state index contributed by atoms with van der Waals surface area (Å²) in [4.78, 5) is 42.2. The number of hydrogen-bond donors (Lipinski definition) is 1. The lowest BCUT2D eigenvalue weighted by Gasteiger charge is -2.48. The summed E-state index contributed by atoms with van der Waals surface area (Å²) in [6.07, 6.45) is 1.01. The first-order valence-corrected chi connectivity index (χ1v) is 11.4. The molecular weight excluding hydrogens is 434 g/mol. The first-order chi connectivity index (χ1) is 16.3. The van der Waals surface area contributed by atoms with Gasteiger partial charge in [0.05, 0.1) is 24.4 Å². The Labute approximate surface area is 197 Å². The largest absolute Gasteiger partial charge is 0.493 e. The van der Waals surface area contributed by atoms with Gasteiger partial charge < -0.3 is 19.4 Å². The maximum Gasteiger partial charge on any atom is 0.257 e. The van der Waals surface area contributed by atoms with Crippen LogP contribution in [0.15, 0.2) is 52.9 Å². The lowest BCUT2D eigenvalue weighted by atomic mass is 9.98. The van der Waals surface area contributed by atoms with E-state index in [-0.39, 0.29) is 36.7 Å². The zero-order valence-electron chi connectivity index (χ0n) is 19.5. The maximum absolute atomic E-state index is 13.3. The molecule has 0 spiro atoms. The first-order valence-electron chi connectivity index (χ1n) is 11.4. The molecule has 1 fully saturated rings. The highest BCUT2D eigenvalue weighted by atomic mass is 16.5. The topological polar surface area (TPSA) is 92.1 Å². The monoisotopic (exact) mass is 461 g/mol. The molecule has 2 aliphatic heterocycles. The van der Waals surface area contributed by atoms with Crippen LogP contribution in [0.5, 0.6) is 5.75 Å². The average molecular weight is 462 g/mol. The first kappa shape index (κ1) is 22.0. The molecule has 176 valence electrons. The van der Waals surface area contributed by atoms with Crippen LogP contribution in [-0.2, 0) is 9.59 Å². The Morgan fingerprint density at radius 3 is 2.79 bits per heavy atom. The van der Waals surface area contributed by atoms with Gasteiger partial charge in [0.2, 0.25) is 11.8 Å². The van der Waals surface area contributed by atoms with Crippen molar-refractivity contribution in [2.45, 2.75) is 44.8 Å². The molecule has 1 saturated heterocycles. The van der Waals surface area contributed by atoms with Gasteiger partial charge in [-0.1, -0.05) is 24.3 Å². The van der Waals surface area contributed by atoms with E-state index < -0.39 is 5.66 Å². The van der Waals surface area contributed by atoms with Gasteiger partial charge in [-0.3, -0.25) is 19.3 Å². The normalized spacial score (nSPS) is 20.3. The number of nitrogens with one attached hydrogen (secondary N) is 1. The van der Waals surface area contributed by atoms with E-state index in [2.05, 4.69) is 5.32 Å². The number of hydrogen-bond acceptors (Lipinski definition) is 5. The van der Waals surface area contributed by atoms with Crippen molar-refractivity contribution in [1.29, 1.82) is 0 Å². The molecule has 1 N–H and O–H groups in total. The number of carbonyl (C=O) groups excluding carboxylic acids is 3. The predicted molar refractivity (Wildman–Crippen MR) is 127 cm³/mol. The van der Waals surface area contributed by atoms with E-state index in [1.807, 2.05) is 50.2 Å². The lowest BCUT2D eigenvalue weighted by molar-refractivity contribution is -0.122. The summed E-state index contributed by atoms with van der Waals surface area (Å²) < 4.78 is 11.3. The Bertz CT molecular complexity index is 1300. The molecule has 3 heterocycles. The molecule has 2 aromatic carbocycles. The number of methoxy groups -OCH3 is 1. The fraction of sp³-hybridized carbons (Fsp3) is 0.346. The van der Waals surface area contributed by atoms with Gasteiger partial charge in [-0.25, -0.2) is 0 Å². The molecule has 3 aromatic rings. The number of carbonyl (C=O) groups is 3. The SMILES string of the molecule is COc1cccc2cc(C(C)NC(=O)CCN3C(=O)c4ccccc4N4C(=O)CCC34C)oc12. The summed E-state index contributed by atoms with van der Waals surface area (Å²) in [7, 11) is 1.59. The molecule has 8 nitrogen and oxygen atoms in total. The fourth-order valence-electron chi connectivity index (χ4n) is 5.07. The van der Waals surface area contributed by atoms with E-state index in [9.17, 15) is 14.4 Å². The lowest BCUT2D eigenvalue weighted by Crippen LogP contribution is -2.62. The molecule has 0 radical (unpaired) electrons. The van der Waals surface area contributed by atoms with Crippen LogP contribution in [0.1, 0.15) is 55.3 Å². The van der Waals surface area contributed by atoms with Crippen molar-refractivity contribution in [2.75, 3.05) is 18.6 Å². The van der Waals surface area contributed by atoms with Crippen LogP contribution >= 0.6 is 0 Å². The molecule has 2 unspecified atom stereocenters. The molecule has 1 aromatic heterocycles. The maximum atomic E-state index is 13.3. The van der Waals surface area contributed by atoms with Gasteiger partial charge in [-0.05, 0) is 44.5 Å². The minimum atomic E-state index is -0.774. The van der Waals surface area contributed by atoms with Gasteiger partial charge in [0.25, 0.3) is 5.91 Å². The number of fused-ring (bicyclic) bond motifs is 4. The van der Waals surface area contributed by atoms with Crippen molar-refractivity contribution >= 4 is 34.4 Å². The Hall–Kier alpha value is -3.81. The molecule has 3 amide bonds. The second kappa shape index (κ2) is 8.20. The Morgan fingerprint density at radius 2 is 2.00 bits per heavy atom. The number of para-hydroxylation sites is 2. The second-order valence-corrected chi connectivity index (χ2v) is 8.99. The average Bonchev–Trinajstić information content (AvgIpc) is 3.40. The van der Waals surface area contributed by atoms with Crippen molar-refractivity contribution in [1.82, 2.24) is 10.2 Å². The van der Waals surface area contributed by atoms with E-state index in [0.717, 1.165) is 5.39 Å². The predicted octanol–water partition coefficient (Wildman–Crippen LogP) is 4.01. The summed E-state index contributed by atoms with van der Waals surface area (Å²) in [6.45, 7) is 3.96. The molecule has 34 heavy (non-hydrogen) atoms. The van der Waals surface area contributed by atoms with Gasteiger partial charge in [0.1, 0.15) is 11.4 Å². The van der Waals surface area contributed by atoms with E-state index in [4.69, 9.17) is 9.15 Å². The van der Waals surface area contributed by atoms with Crippen LogP contribution in [0, 0.1) is 0 Å². The smallest absolute Gasteiger partial charge is 0.257 e. The zero-order chi connectivity index (χ0) is 24.0. The third kappa shape index (κ3) is 3.41. The van der Waals surface area contributed by atoms with Crippen molar-refractivity contribution < 1.29 is 23.5 Å². The summed E-state index contributed by atoms with van der Waals surface area (Å²) in [5, 5.41) is 3.85. The van der Waals surface area contributed by atoms with Crippen LogP contribution in [0.25, 0.3) is 11.0 Å². The molecular formula is C26H27N3O5. The van der Waals surface area contributed by atoms with E-state index in [0.29, 0.717) is 41.2 Å². The number of ether oxygens (including phenoxy) is 1. The minimum absolute atomic E-state index is 0.00848. The van der Waals surface area contributed by atoms with E-state index in [1.54, 1.807) is 29.0 Å². The molecule has 5 rings (SSSR count). The number of nitrogens with zero attached hydrogens (tertiary/aromatic N) is 2. The highest BCUT2D eigenvalue weighted by Gasteiger charge is 2.52. The van der Waals surface area contributed by atoms with Gasteiger partial charge in [0, 0.05) is 24.8 Å². The standard InChI is InChI=1S/C26H27N3O5/c1-16(21-15-17-7-6-10-20(33-3)24(17)34-21)27-22(30)12-14-28-25(32)18-8-4-5-9-19(18)29-23(31)11-13-26(28,29)2/h4-10,15-16H,11-14H2,1-3H3,(H,27,30). The second-order valence-electron chi connectivity index (χ2n) is 8.99. The van der Waals surface area contributed by atoms with Gasteiger partial charge in [-0.15, -0.1) is 0 Å². The number of benzene rings is 2. The third-order valence-corrected chi connectivity index (χ3v) is 6.86. The van der Waals surface area contributed by atoms with Gasteiger partial charge in [-0.2, -0.15) is 0 Å². The molecule has 0 bridgehead atoms. The van der Waals surface area contributed by atoms with E-state index >= 15 is 0 Å². The molecule has 2 atom stereocenters. The fourth-order valence-corrected chi connectivity index (χ4v) is 5.07. The molecule has 0 saturated carbocycles. The summed E-state index contributed by atoms with van der Waals surface area (Å²) in [5.41, 5.74) is 0.994. The van der Waals surface area contributed by atoms with Crippen LogP contribution in [0.4, 0.5) is 5.69 Å². The highest BCUT2D eigenvalue weighted by molar-refractivity contribution is 6.10. The molecule has 2 aliphatic rings. The third-order valence-electron chi connectivity index (χ3n) is 6.86. The number of rotatable bonds is 6. The van der Waals surface area contributed by atoms with Crippen LogP contribution in [-0.4, -0.2) is 41.9 Å². The Kier molecular flexibility index (Phi) is 5.31. The highest BCUT2D eigenvalue weighted by Crippen LogP contribution is 2.44. The van der Waals surface area contributed by atoms with Crippen molar-refractivity contribution in [2.24, 2.45) is 0 Å². The van der Waals surface area contributed by atoms with Gasteiger partial charge >= 0.3 is 0 Å². The number of amides is 3. The van der Waals surface area contributed by atoms with Crippen molar-refractivity contribution in [3.8, 4) is 5.75 Å². The van der Waals surface area contributed by atoms with Crippen molar-refractivity contribution in [3.63, 3.8) is 0 Å². The minimum Gasteiger partial charge on any atom is -0.493 e. The Balaban J connectivity index is 1.31. The molecule has 8 heteroatoms. The van der Waals surface area contributed by atoms with Gasteiger partial charge in [0.15, 0.2) is 11.3 Å². The summed E-state index contributed by atoms with van der Waals surface area (Å²) in [5.74, 6) is 0.886. The number of anilines is 1. The number of furan rings is 1. The summed E-state index contributed by atoms with van der Waals surface area (Å²) >= 11 is 0. The zero-order valence-corrected chi connectivity index (χ0v) is 19.5. The van der Waals surface area contributed by atoms with Crippen LogP contribution in [0.3, 0.4) is 0 Å². The quantitative estimate of drug-likeness (QED) is 0.599. The van der Waals surface area contributed by atoms with Crippen molar-refractivity contribution in [3.05, 3.63) is 59.9 Å². The molecule has 0 aliphatic carbocycles. The van der Waals surface area contributed by atoms with Crippen LogP contribution in [0.2, 0.25) is 0 Å². The van der Waals surface area contributed by atoms with Crippen LogP contribution < -0.4 is 15.0 Å². The van der Waals surface area contributed by atoms with E-state index in [1.165, 1.54) is 0 Å². The summed E-state index contributed by atoms with van der Waals surface area (Å²) in [6, 6.07) is 14.3. The Morgan fingerprint density at radius 1 is 1.21 bits per heavy atom.